The number of hydrogen-bond donors (Lipinski definition) is 7. The number of aliphatic carboxylic acids is 2. The summed E-state index contributed by atoms with van der Waals surface area (Å²) in [5.41, 5.74) is 12.0. The molecule has 4 amide bonds. The molecule has 0 aliphatic rings. The van der Waals surface area contributed by atoms with Gasteiger partial charge in [-0.3, -0.25) is 24.0 Å². The standard InChI is InChI=1S/C23H33N5O8/c1-12(2)8-15(26-20(32)14(24)9-13-6-4-3-5-7-13)21(33)27-16(10-18(25)29)22(34)28-17(23(35)36)11-19(30)31/h3-7,12,14-17H,8-11,24H2,1-2H3,(H2,25,29)(H,26,32)(H,27,33)(H,28,34)(H,30,31)(H,35,36)/t14-,15-,16-,17-/m0/s1. The monoisotopic (exact) mass is 507 g/mol. The summed E-state index contributed by atoms with van der Waals surface area (Å²) < 4.78 is 0. The van der Waals surface area contributed by atoms with Gasteiger partial charge in [-0.05, 0) is 24.3 Å². The van der Waals surface area contributed by atoms with Crippen molar-refractivity contribution in [2.75, 3.05) is 0 Å². The largest absolute Gasteiger partial charge is 0.481 e. The van der Waals surface area contributed by atoms with Crippen molar-refractivity contribution in [2.24, 2.45) is 17.4 Å². The zero-order chi connectivity index (χ0) is 27.4. The fourth-order valence-corrected chi connectivity index (χ4v) is 3.27. The van der Waals surface area contributed by atoms with Gasteiger partial charge in [-0.15, -0.1) is 0 Å². The number of carboxylic acid groups (broad SMARTS) is 2. The van der Waals surface area contributed by atoms with E-state index >= 15 is 0 Å². The number of nitrogens with two attached hydrogens (primary N) is 2. The first kappa shape index (κ1) is 30.0. The first-order valence-electron chi connectivity index (χ1n) is 11.2. The number of carboxylic acids is 2. The van der Waals surface area contributed by atoms with Gasteiger partial charge in [0.15, 0.2) is 0 Å². The Kier molecular flexibility index (Phi) is 12.0. The molecule has 0 bridgehead atoms. The summed E-state index contributed by atoms with van der Waals surface area (Å²) in [4.78, 5) is 71.9. The third-order valence-electron chi connectivity index (χ3n) is 5.01. The van der Waals surface area contributed by atoms with E-state index in [4.69, 9.17) is 21.7 Å². The van der Waals surface area contributed by atoms with E-state index in [1.165, 1.54) is 0 Å². The number of benzene rings is 1. The molecule has 4 atom stereocenters. The average molecular weight is 508 g/mol. The third kappa shape index (κ3) is 11.0. The fourth-order valence-electron chi connectivity index (χ4n) is 3.27. The lowest BCUT2D eigenvalue weighted by Gasteiger charge is -2.25. The van der Waals surface area contributed by atoms with Crippen LogP contribution in [0.2, 0.25) is 0 Å². The molecule has 1 rings (SSSR count). The van der Waals surface area contributed by atoms with E-state index in [1.54, 1.807) is 38.1 Å². The number of carbonyl (C=O) groups excluding carboxylic acids is 4. The van der Waals surface area contributed by atoms with Crippen LogP contribution in [0.5, 0.6) is 0 Å². The van der Waals surface area contributed by atoms with Crippen LogP contribution in [-0.4, -0.2) is 69.9 Å². The average Bonchev–Trinajstić information content (AvgIpc) is 2.77. The van der Waals surface area contributed by atoms with Crippen molar-refractivity contribution >= 4 is 35.6 Å². The van der Waals surface area contributed by atoms with Crippen LogP contribution in [0, 0.1) is 5.92 Å². The van der Waals surface area contributed by atoms with Gasteiger partial charge in [0.1, 0.15) is 18.1 Å². The Morgan fingerprint density at radius 3 is 1.83 bits per heavy atom. The number of primary amides is 1. The van der Waals surface area contributed by atoms with E-state index in [9.17, 15) is 28.8 Å². The fraction of sp³-hybridized carbons (Fsp3) is 0.478. The SMILES string of the molecule is CC(C)C[C@H](NC(=O)[C@@H](N)Cc1ccccc1)C(=O)N[C@@H](CC(N)=O)C(=O)N[C@@H](CC(=O)O)C(=O)O. The zero-order valence-electron chi connectivity index (χ0n) is 20.1. The number of rotatable bonds is 15. The van der Waals surface area contributed by atoms with E-state index in [1.807, 2.05) is 11.4 Å². The van der Waals surface area contributed by atoms with Gasteiger partial charge in [-0.25, -0.2) is 4.79 Å². The van der Waals surface area contributed by atoms with Gasteiger partial charge in [0.05, 0.1) is 18.9 Å². The van der Waals surface area contributed by atoms with Crippen LogP contribution in [0.15, 0.2) is 30.3 Å². The van der Waals surface area contributed by atoms with Gasteiger partial charge in [0.25, 0.3) is 0 Å². The van der Waals surface area contributed by atoms with E-state index in [2.05, 4.69) is 10.6 Å². The molecule has 198 valence electrons. The number of amides is 4. The van der Waals surface area contributed by atoms with E-state index in [0.29, 0.717) is 0 Å². The first-order valence-corrected chi connectivity index (χ1v) is 11.2. The molecule has 0 spiro atoms. The molecule has 1 aromatic rings. The van der Waals surface area contributed by atoms with Crippen LogP contribution in [-0.2, 0) is 35.2 Å². The smallest absolute Gasteiger partial charge is 0.326 e. The Hall–Kier alpha value is -4.00. The van der Waals surface area contributed by atoms with Crippen molar-refractivity contribution in [1.29, 1.82) is 0 Å². The Morgan fingerprint density at radius 2 is 1.33 bits per heavy atom. The predicted octanol–water partition coefficient (Wildman–Crippen LogP) is -1.51. The van der Waals surface area contributed by atoms with Crippen molar-refractivity contribution in [2.45, 2.75) is 63.7 Å². The van der Waals surface area contributed by atoms with Crippen LogP contribution in [0.25, 0.3) is 0 Å². The number of hydrogen-bond acceptors (Lipinski definition) is 7. The van der Waals surface area contributed by atoms with Gasteiger partial charge in [0, 0.05) is 0 Å². The molecule has 13 heteroatoms. The molecule has 0 saturated carbocycles. The molecular weight excluding hydrogens is 474 g/mol. The lowest BCUT2D eigenvalue weighted by atomic mass is 10.0. The summed E-state index contributed by atoms with van der Waals surface area (Å²) in [6.07, 6.45) is -1.23. The van der Waals surface area contributed by atoms with Crippen molar-refractivity contribution in [3.05, 3.63) is 35.9 Å². The summed E-state index contributed by atoms with van der Waals surface area (Å²) in [5.74, 6) is -6.70. The van der Waals surface area contributed by atoms with Crippen molar-refractivity contribution < 1.29 is 39.0 Å². The molecule has 0 radical (unpaired) electrons. The maximum atomic E-state index is 13.0. The molecule has 9 N–H and O–H groups in total. The maximum Gasteiger partial charge on any atom is 0.326 e. The predicted molar refractivity (Wildman–Crippen MR) is 127 cm³/mol. The Balaban J connectivity index is 2.98. The molecule has 36 heavy (non-hydrogen) atoms. The second kappa shape index (κ2) is 14.4. The highest BCUT2D eigenvalue weighted by Crippen LogP contribution is 2.08. The highest BCUT2D eigenvalue weighted by Gasteiger charge is 2.32. The van der Waals surface area contributed by atoms with Crippen molar-refractivity contribution in [3.63, 3.8) is 0 Å². The molecule has 0 unspecified atom stereocenters. The lowest BCUT2D eigenvalue weighted by molar-refractivity contribution is -0.147. The molecular formula is C23H33N5O8. The Bertz CT molecular complexity index is 953. The minimum atomic E-state index is -1.80. The molecule has 0 saturated heterocycles. The number of nitrogens with one attached hydrogen (secondary N) is 3. The highest BCUT2D eigenvalue weighted by molar-refractivity contribution is 5.96. The minimum Gasteiger partial charge on any atom is -0.481 e. The zero-order valence-corrected chi connectivity index (χ0v) is 20.1. The molecule has 0 heterocycles. The van der Waals surface area contributed by atoms with Gasteiger partial charge in [-0.2, -0.15) is 0 Å². The van der Waals surface area contributed by atoms with Gasteiger partial charge in [-0.1, -0.05) is 44.2 Å². The van der Waals surface area contributed by atoms with E-state index in [-0.39, 0.29) is 18.8 Å². The summed E-state index contributed by atoms with van der Waals surface area (Å²) in [6.45, 7) is 3.60. The normalized spacial score (nSPS) is 14.1. The Labute approximate surface area is 208 Å². The quantitative estimate of drug-likeness (QED) is 0.146. The Morgan fingerprint density at radius 1 is 0.806 bits per heavy atom. The third-order valence-corrected chi connectivity index (χ3v) is 5.01. The molecule has 0 aliphatic carbocycles. The van der Waals surface area contributed by atoms with Gasteiger partial charge in [0.2, 0.25) is 23.6 Å². The van der Waals surface area contributed by atoms with Crippen LogP contribution >= 0.6 is 0 Å². The minimum absolute atomic E-state index is 0.0678. The molecule has 0 aromatic heterocycles. The number of carbonyl (C=O) groups is 6. The first-order chi connectivity index (χ1) is 16.8. The maximum absolute atomic E-state index is 13.0. The molecule has 1 aromatic carbocycles. The summed E-state index contributed by atoms with van der Waals surface area (Å²) in [5, 5.41) is 24.8. The van der Waals surface area contributed by atoms with Crippen molar-refractivity contribution in [1.82, 2.24) is 16.0 Å². The highest BCUT2D eigenvalue weighted by atomic mass is 16.4. The molecule has 0 fully saturated rings. The van der Waals surface area contributed by atoms with Crippen LogP contribution < -0.4 is 27.4 Å². The van der Waals surface area contributed by atoms with E-state index in [0.717, 1.165) is 5.56 Å². The summed E-state index contributed by atoms with van der Waals surface area (Å²) in [6, 6.07) is 3.51. The molecule has 13 nitrogen and oxygen atoms in total. The summed E-state index contributed by atoms with van der Waals surface area (Å²) in [7, 11) is 0. The van der Waals surface area contributed by atoms with Gasteiger partial charge < -0.3 is 37.6 Å². The second-order valence-electron chi connectivity index (χ2n) is 8.72. The molecule has 0 aliphatic heterocycles. The van der Waals surface area contributed by atoms with Crippen molar-refractivity contribution in [3.8, 4) is 0 Å². The van der Waals surface area contributed by atoms with Crippen LogP contribution in [0.3, 0.4) is 0 Å². The topological polar surface area (TPSA) is 231 Å². The van der Waals surface area contributed by atoms with Gasteiger partial charge >= 0.3 is 11.9 Å². The second-order valence-corrected chi connectivity index (χ2v) is 8.72. The lowest BCUT2D eigenvalue weighted by Crippen LogP contribution is -2.58. The van der Waals surface area contributed by atoms with E-state index < -0.39 is 72.6 Å². The van der Waals surface area contributed by atoms with Crippen LogP contribution in [0.1, 0.15) is 38.7 Å². The summed E-state index contributed by atoms with van der Waals surface area (Å²) >= 11 is 0. The van der Waals surface area contributed by atoms with Crippen LogP contribution in [0.4, 0.5) is 0 Å².